The van der Waals surface area contributed by atoms with E-state index in [2.05, 4.69) is 56.0 Å². The number of carbonyl (C=O) groups is 1. The molecule has 1 aliphatic rings. The predicted molar refractivity (Wildman–Crippen MR) is 129 cm³/mol. The first-order chi connectivity index (χ1) is 15.5. The quantitative estimate of drug-likeness (QED) is 0.635. The fourth-order valence-corrected chi connectivity index (χ4v) is 4.28. The molecule has 32 heavy (non-hydrogen) atoms. The Bertz CT molecular complexity index is 1110. The van der Waals surface area contributed by atoms with Gasteiger partial charge in [0.1, 0.15) is 11.9 Å². The van der Waals surface area contributed by atoms with Gasteiger partial charge in [-0.25, -0.2) is 9.97 Å². The van der Waals surface area contributed by atoms with Crippen LogP contribution in [0, 0.1) is 13.8 Å². The van der Waals surface area contributed by atoms with Gasteiger partial charge in [-0.2, -0.15) is 0 Å². The molecule has 1 saturated heterocycles. The summed E-state index contributed by atoms with van der Waals surface area (Å²) in [6, 6.07) is 14.5. The van der Waals surface area contributed by atoms with Gasteiger partial charge in [-0.1, -0.05) is 50.1 Å². The van der Waals surface area contributed by atoms with E-state index in [9.17, 15) is 9.90 Å². The molecule has 1 aliphatic heterocycles. The molecule has 1 unspecified atom stereocenters. The fraction of sp³-hybridized carbons (Fsp3) is 0.423. The number of aliphatic hydroxyl groups excluding tert-OH is 1. The van der Waals surface area contributed by atoms with E-state index >= 15 is 0 Å². The molecular weight excluding hydrogens is 400 g/mol. The number of aryl methyl sites for hydroxylation is 2. The number of amides is 1. The van der Waals surface area contributed by atoms with Gasteiger partial charge in [-0.05, 0) is 43.5 Å². The Morgan fingerprint density at radius 2 is 1.81 bits per heavy atom. The average Bonchev–Trinajstić information content (AvgIpc) is 2.81. The van der Waals surface area contributed by atoms with Gasteiger partial charge in [0.25, 0.3) is 5.91 Å². The molecule has 1 aromatic heterocycles. The van der Waals surface area contributed by atoms with Crippen LogP contribution in [0.4, 0.5) is 5.82 Å². The second-order valence-corrected chi connectivity index (χ2v) is 8.68. The monoisotopic (exact) mass is 432 g/mol. The molecule has 3 aromatic rings. The number of piperazine rings is 1. The first-order valence-electron chi connectivity index (χ1n) is 11.5. The molecule has 0 radical (unpaired) electrons. The number of carbonyl (C=O) groups excluding carboxylic acids is 1. The molecule has 1 amide bonds. The zero-order valence-electron chi connectivity index (χ0n) is 19.2. The molecule has 6 nitrogen and oxygen atoms in total. The van der Waals surface area contributed by atoms with Gasteiger partial charge in [0.2, 0.25) is 0 Å². The molecule has 2 heterocycles. The third kappa shape index (κ3) is 4.60. The first kappa shape index (κ1) is 22.2. The first-order valence-corrected chi connectivity index (χ1v) is 11.5. The number of unbranched alkanes of at least 4 members (excludes halogenated alkanes) is 1. The number of rotatable bonds is 6. The summed E-state index contributed by atoms with van der Waals surface area (Å²) in [5.41, 5.74) is 4.27. The third-order valence-electron chi connectivity index (χ3n) is 6.23. The smallest absolute Gasteiger partial charge is 0.251 e. The number of aliphatic hydroxyl groups is 1. The molecule has 0 saturated carbocycles. The van der Waals surface area contributed by atoms with Gasteiger partial charge in [0.15, 0.2) is 5.82 Å². The molecule has 4 rings (SSSR count). The summed E-state index contributed by atoms with van der Waals surface area (Å²) in [6.45, 7) is 8.74. The van der Waals surface area contributed by atoms with Gasteiger partial charge < -0.3 is 14.9 Å². The minimum atomic E-state index is -0.892. The number of nitrogens with zero attached hydrogens (tertiary/aromatic N) is 4. The molecule has 1 N–H and O–H groups in total. The minimum absolute atomic E-state index is 0.151. The maximum Gasteiger partial charge on any atom is 0.251 e. The molecule has 0 spiro atoms. The fourth-order valence-electron chi connectivity index (χ4n) is 4.28. The average molecular weight is 433 g/mol. The van der Waals surface area contributed by atoms with Crippen LogP contribution in [0.1, 0.15) is 37.3 Å². The van der Waals surface area contributed by atoms with Crippen molar-refractivity contribution in [3.63, 3.8) is 0 Å². The Balaban J connectivity index is 1.62. The van der Waals surface area contributed by atoms with Crippen LogP contribution in [0.15, 0.2) is 42.5 Å². The van der Waals surface area contributed by atoms with Gasteiger partial charge in [0.05, 0.1) is 5.52 Å². The van der Waals surface area contributed by atoms with Crippen LogP contribution < -0.4 is 4.90 Å². The van der Waals surface area contributed by atoms with Crippen LogP contribution in [0.25, 0.3) is 22.3 Å². The normalized spacial score (nSPS) is 15.2. The van der Waals surface area contributed by atoms with E-state index in [1.54, 1.807) is 4.90 Å². The maximum absolute atomic E-state index is 12.6. The van der Waals surface area contributed by atoms with Crippen molar-refractivity contribution < 1.29 is 9.90 Å². The van der Waals surface area contributed by atoms with E-state index in [-0.39, 0.29) is 5.91 Å². The van der Waals surface area contributed by atoms with E-state index in [0.29, 0.717) is 32.6 Å². The Morgan fingerprint density at radius 1 is 1.06 bits per heavy atom. The molecule has 6 heteroatoms. The van der Waals surface area contributed by atoms with Crippen LogP contribution >= 0.6 is 0 Å². The highest BCUT2D eigenvalue weighted by Gasteiger charge is 2.27. The second-order valence-electron chi connectivity index (χ2n) is 8.68. The zero-order chi connectivity index (χ0) is 22.7. The maximum atomic E-state index is 12.6. The van der Waals surface area contributed by atoms with Gasteiger partial charge in [0, 0.05) is 37.1 Å². The van der Waals surface area contributed by atoms with E-state index in [1.807, 2.05) is 12.1 Å². The van der Waals surface area contributed by atoms with Crippen molar-refractivity contribution in [2.45, 2.75) is 46.1 Å². The van der Waals surface area contributed by atoms with Crippen LogP contribution in [-0.2, 0) is 4.79 Å². The van der Waals surface area contributed by atoms with Gasteiger partial charge in [-0.15, -0.1) is 0 Å². The number of hydrogen-bond acceptors (Lipinski definition) is 5. The summed E-state index contributed by atoms with van der Waals surface area (Å²) in [5.74, 6) is 1.48. The second kappa shape index (κ2) is 9.65. The Labute approximate surface area is 189 Å². The molecule has 0 bridgehead atoms. The highest BCUT2D eigenvalue weighted by molar-refractivity contribution is 5.92. The van der Waals surface area contributed by atoms with Crippen molar-refractivity contribution in [3.05, 3.63) is 53.6 Å². The standard InChI is InChI=1S/C26H32N4O2/c1-4-5-10-23(31)26(32)30-15-13-29(14-16-30)25-21-12-11-18(2)17-22(21)27-24(28-25)20-9-7-6-8-19(20)3/h6-9,11-12,17,23,31H,4-5,10,13-16H2,1-3H3. The summed E-state index contributed by atoms with van der Waals surface area (Å²) < 4.78 is 0. The lowest BCUT2D eigenvalue weighted by atomic mass is 10.1. The Morgan fingerprint density at radius 3 is 2.53 bits per heavy atom. The molecular formula is C26H32N4O2. The predicted octanol–water partition coefficient (Wildman–Crippen LogP) is 4.11. The lowest BCUT2D eigenvalue weighted by Crippen LogP contribution is -2.51. The summed E-state index contributed by atoms with van der Waals surface area (Å²) in [4.78, 5) is 26.5. The zero-order valence-corrected chi connectivity index (χ0v) is 19.2. The molecule has 2 aromatic carbocycles. The summed E-state index contributed by atoms with van der Waals surface area (Å²) >= 11 is 0. The van der Waals surface area contributed by atoms with Gasteiger partial charge in [-0.3, -0.25) is 4.79 Å². The minimum Gasteiger partial charge on any atom is -0.383 e. The Kier molecular flexibility index (Phi) is 6.70. The summed E-state index contributed by atoms with van der Waals surface area (Å²) in [7, 11) is 0. The topological polar surface area (TPSA) is 69.6 Å². The van der Waals surface area contributed by atoms with Crippen LogP contribution in [0.3, 0.4) is 0 Å². The van der Waals surface area contributed by atoms with Crippen molar-refractivity contribution in [1.82, 2.24) is 14.9 Å². The van der Waals surface area contributed by atoms with Crippen LogP contribution in [0.5, 0.6) is 0 Å². The van der Waals surface area contributed by atoms with Crippen molar-refractivity contribution in [1.29, 1.82) is 0 Å². The SMILES string of the molecule is CCCCC(O)C(=O)N1CCN(c2nc(-c3ccccc3C)nc3cc(C)ccc23)CC1. The van der Waals surface area contributed by atoms with Crippen molar-refractivity contribution in [3.8, 4) is 11.4 Å². The summed E-state index contributed by atoms with van der Waals surface area (Å²) in [6.07, 6.45) is 1.48. The largest absolute Gasteiger partial charge is 0.383 e. The highest BCUT2D eigenvalue weighted by Crippen LogP contribution is 2.30. The molecule has 0 aliphatic carbocycles. The Hall–Kier alpha value is -2.99. The number of aromatic nitrogens is 2. The van der Waals surface area contributed by atoms with Crippen molar-refractivity contribution in [2.24, 2.45) is 0 Å². The number of benzene rings is 2. The number of hydrogen-bond donors (Lipinski definition) is 1. The van der Waals surface area contributed by atoms with Gasteiger partial charge >= 0.3 is 0 Å². The third-order valence-corrected chi connectivity index (χ3v) is 6.23. The number of anilines is 1. The molecule has 1 fully saturated rings. The van der Waals surface area contributed by atoms with Crippen LogP contribution in [0.2, 0.25) is 0 Å². The van der Waals surface area contributed by atoms with E-state index in [0.717, 1.165) is 52.1 Å². The van der Waals surface area contributed by atoms with E-state index in [1.165, 1.54) is 0 Å². The lowest BCUT2D eigenvalue weighted by molar-refractivity contribution is -0.140. The van der Waals surface area contributed by atoms with Crippen LogP contribution in [-0.4, -0.2) is 58.2 Å². The van der Waals surface area contributed by atoms with Crippen molar-refractivity contribution >= 4 is 22.6 Å². The number of fused-ring (bicyclic) bond motifs is 1. The van der Waals surface area contributed by atoms with E-state index < -0.39 is 6.10 Å². The highest BCUT2D eigenvalue weighted by atomic mass is 16.3. The molecule has 1 atom stereocenters. The summed E-state index contributed by atoms with van der Waals surface area (Å²) in [5, 5.41) is 11.2. The van der Waals surface area contributed by atoms with E-state index in [4.69, 9.17) is 9.97 Å². The van der Waals surface area contributed by atoms with Crippen molar-refractivity contribution in [2.75, 3.05) is 31.1 Å². The molecule has 168 valence electrons. The lowest BCUT2D eigenvalue weighted by Gasteiger charge is -2.36.